The van der Waals surface area contributed by atoms with Gasteiger partial charge >= 0.3 is 11.9 Å². The predicted molar refractivity (Wildman–Crippen MR) is 205 cm³/mol. The van der Waals surface area contributed by atoms with Gasteiger partial charge in [0.15, 0.2) is 6.10 Å². The summed E-state index contributed by atoms with van der Waals surface area (Å²) in [6.45, 7) is 3.86. The predicted octanol–water partition coefficient (Wildman–Crippen LogP) is 11.5. The van der Waals surface area contributed by atoms with Crippen molar-refractivity contribution in [2.75, 3.05) is 13.2 Å². The minimum atomic E-state index is -0.835. The summed E-state index contributed by atoms with van der Waals surface area (Å²) in [7, 11) is 0. The van der Waals surface area contributed by atoms with Crippen LogP contribution in [0.15, 0.2) is 109 Å². The molecule has 0 spiro atoms. The first-order chi connectivity index (χ1) is 23.6. The Morgan fingerprint density at radius 2 is 0.917 bits per heavy atom. The standard InChI is InChI=1S/C43H66O5/c1-3-5-7-9-11-13-15-17-19-20-21-22-24-26-28-30-32-34-36-38-43(46)48-41(39-44)40-47-42(45)37-35-33-31-29-27-25-23-18-16-14-12-10-8-6-4-2/h6,8,11-14,17-19,21-23,26-29,32,34,41,44H,3-5,7,9-10,15-16,20,24-25,30-31,33,35-40H2,1-2H3/b8-6-,13-11-,14-12-,19-17-,22-21-,23-18-,28-26-,29-27-,34-32-/t41-/m0/s1. The minimum absolute atomic E-state index is 0.125. The second kappa shape index (κ2) is 38.0. The molecule has 268 valence electrons. The maximum Gasteiger partial charge on any atom is 0.306 e. The molecule has 0 aliphatic carbocycles. The molecule has 0 aromatic rings. The molecule has 0 amide bonds. The number of rotatable bonds is 31. The number of ether oxygens (including phenoxy) is 2. The molecule has 0 bridgehead atoms. The van der Waals surface area contributed by atoms with Crippen molar-refractivity contribution in [2.24, 2.45) is 0 Å². The van der Waals surface area contributed by atoms with Gasteiger partial charge in [0.25, 0.3) is 0 Å². The van der Waals surface area contributed by atoms with Gasteiger partial charge in [0, 0.05) is 12.8 Å². The van der Waals surface area contributed by atoms with Gasteiger partial charge in [-0.3, -0.25) is 9.59 Å². The van der Waals surface area contributed by atoms with Gasteiger partial charge in [-0.05, 0) is 89.9 Å². The van der Waals surface area contributed by atoms with Crippen molar-refractivity contribution in [3.63, 3.8) is 0 Å². The maximum atomic E-state index is 12.1. The molecule has 0 heterocycles. The van der Waals surface area contributed by atoms with Crippen LogP contribution in [0.3, 0.4) is 0 Å². The zero-order chi connectivity index (χ0) is 35.0. The van der Waals surface area contributed by atoms with E-state index in [1.54, 1.807) is 0 Å². The molecule has 0 aromatic heterocycles. The first-order valence-electron chi connectivity index (χ1n) is 18.4. The Bertz CT molecular complexity index is 1020. The largest absolute Gasteiger partial charge is 0.462 e. The van der Waals surface area contributed by atoms with Gasteiger partial charge in [0.1, 0.15) is 6.61 Å². The summed E-state index contributed by atoms with van der Waals surface area (Å²) in [6, 6.07) is 0. The lowest BCUT2D eigenvalue weighted by Gasteiger charge is -2.15. The van der Waals surface area contributed by atoms with Crippen LogP contribution in [0.25, 0.3) is 0 Å². The van der Waals surface area contributed by atoms with Crippen LogP contribution in [-0.2, 0) is 19.1 Å². The summed E-state index contributed by atoms with van der Waals surface area (Å²) < 4.78 is 10.5. The monoisotopic (exact) mass is 662 g/mol. The SMILES string of the molecule is CC/C=C\C/C=C\C/C=C\C/C=C\CCCCC(=O)OC[C@H](CO)OC(=O)CC/C=C\C/C=C\C/C=C\C/C=C\C/C=C\CCCCC. The molecule has 0 rings (SSSR count). The van der Waals surface area contributed by atoms with Crippen LogP contribution < -0.4 is 0 Å². The average molecular weight is 663 g/mol. The fraction of sp³-hybridized carbons (Fsp3) is 0.535. The third kappa shape index (κ3) is 35.4. The van der Waals surface area contributed by atoms with Crippen LogP contribution in [-0.4, -0.2) is 36.4 Å². The van der Waals surface area contributed by atoms with E-state index >= 15 is 0 Å². The van der Waals surface area contributed by atoms with Gasteiger partial charge in [-0.2, -0.15) is 0 Å². The molecule has 0 fully saturated rings. The van der Waals surface area contributed by atoms with Gasteiger partial charge in [0.05, 0.1) is 6.61 Å². The van der Waals surface area contributed by atoms with Crippen LogP contribution >= 0.6 is 0 Å². The molecule has 48 heavy (non-hydrogen) atoms. The van der Waals surface area contributed by atoms with Crippen molar-refractivity contribution in [1.29, 1.82) is 0 Å². The number of carbonyl (C=O) groups excluding carboxylic acids is 2. The molecule has 5 heteroatoms. The van der Waals surface area contributed by atoms with Crippen LogP contribution in [0.4, 0.5) is 0 Å². The third-order valence-electron chi connectivity index (χ3n) is 7.06. The van der Waals surface area contributed by atoms with E-state index in [-0.39, 0.29) is 25.6 Å². The lowest BCUT2D eigenvalue weighted by Crippen LogP contribution is -2.28. The Labute approximate surface area is 293 Å². The fourth-order valence-corrected chi connectivity index (χ4v) is 4.29. The van der Waals surface area contributed by atoms with E-state index in [9.17, 15) is 14.7 Å². The number of hydrogen-bond donors (Lipinski definition) is 1. The van der Waals surface area contributed by atoms with Crippen molar-refractivity contribution in [2.45, 2.75) is 136 Å². The lowest BCUT2D eigenvalue weighted by molar-refractivity contribution is -0.161. The van der Waals surface area contributed by atoms with Crippen molar-refractivity contribution >= 4 is 11.9 Å². The molecule has 0 aromatic carbocycles. The summed E-state index contributed by atoms with van der Waals surface area (Å²) >= 11 is 0. The van der Waals surface area contributed by atoms with Gasteiger partial charge in [-0.1, -0.05) is 136 Å². The quantitative estimate of drug-likeness (QED) is 0.0454. The zero-order valence-corrected chi connectivity index (χ0v) is 30.2. The van der Waals surface area contributed by atoms with Crippen LogP contribution in [0.5, 0.6) is 0 Å². The highest BCUT2D eigenvalue weighted by atomic mass is 16.6. The topological polar surface area (TPSA) is 72.8 Å². The van der Waals surface area contributed by atoms with Crippen molar-refractivity contribution < 1.29 is 24.2 Å². The zero-order valence-electron chi connectivity index (χ0n) is 30.2. The third-order valence-corrected chi connectivity index (χ3v) is 7.06. The average Bonchev–Trinajstić information content (AvgIpc) is 3.09. The molecule has 0 unspecified atom stereocenters. The summed E-state index contributed by atoms with van der Waals surface area (Å²) in [4.78, 5) is 24.2. The molecular formula is C43H66O5. The normalized spacial score (nSPS) is 13.5. The van der Waals surface area contributed by atoms with E-state index in [0.29, 0.717) is 12.8 Å². The fourth-order valence-electron chi connectivity index (χ4n) is 4.29. The van der Waals surface area contributed by atoms with Gasteiger partial charge in [-0.25, -0.2) is 0 Å². The Hall–Kier alpha value is -3.44. The summed E-state index contributed by atoms with van der Waals surface area (Å²) in [5, 5.41) is 9.52. The number of carbonyl (C=O) groups is 2. The van der Waals surface area contributed by atoms with Crippen LogP contribution in [0.2, 0.25) is 0 Å². The summed E-state index contributed by atoms with van der Waals surface area (Å²) in [5.41, 5.74) is 0. The number of allylic oxidation sites excluding steroid dienone is 18. The lowest BCUT2D eigenvalue weighted by atomic mass is 10.2. The Kier molecular flexibility index (Phi) is 35.3. The molecule has 0 aliphatic heterocycles. The van der Waals surface area contributed by atoms with E-state index in [1.807, 2.05) is 12.2 Å². The van der Waals surface area contributed by atoms with Crippen LogP contribution in [0, 0.1) is 0 Å². The Balaban J connectivity index is 3.83. The molecule has 0 aliphatic rings. The maximum absolute atomic E-state index is 12.1. The number of unbranched alkanes of at least 4 members (excludes halogenated alkanes) is 5. The number of aliphatic hydroxyl groups excluding tert-OH is 1. The molecule has 1 N–H and O–H groups in total. The molecule has 0 radical (unpaired) electrons. The first kappa shape index (κ1) is 44.6. The first-order valence-corrected chi connectivity index (χ1v) is 18.4. The van der Waals surface area contributed by atoms with Crippen LogP contribution in [0.1, 0.15) is 129 Å². The van der Waals surface area contributed by atoms with E-state index in [0.717, 1.165) is 70.6 Å². The van der Waals surface area contributed by atoms with Crippen molar-refractivity contribution in [3.8, 4) is 0 Å². The number of aliphatic hydroxyl groups is 1. The molecule has 0 saturated heterocycles. The van der Waals surface area contributed by atoms with Gasteiger partial charge < -0.3 is 14.6 Å². The minimum Gasteiger partial charge on any atom is -0.462 e. The van der Waals surface area contributed by atoms with Crippen molar-refractivity contribution in [3.05, 3.63) is 109 Å². The van der Waals surface area contributed by atoms with E-state index in [4.69, 9.17) is 9.47 Å². The molecule has 5 nitrogen and oxygen atoms in total. The smallest absolute Gasteiger partial charge is 0.306 e. The van der Waals surface area contributed by atoms with E-state index < -0.39 is 12.1 Å². The summed E-state index contributed by atoms with van der Waals surface area (Å²) in [6.07, 6.45) is 54.4. The Morgan fingerprint density at radius 3 is 1.35 bits per heavy atom. The van der Waals surface area contributed by atoms with Crippen molar-refractivity contribution in [1.82, 2.24) is 0 Å². The number of hydrogen-bond acceptors (Lipinski definition) is 5. The second-order valence-electron chi connectivity index (χ2n) is 11.6. The summed E-state index contributed by atoms with van der Waals surface area (Å²) in [5.74, 6) is -0.750. The molecule has 1 atom stereocenters. The highest BCUT2D eigenvalue weighted by Crippen LogP contribution is 2.06. The van der Waals surface area contributed by atoms with E-state index in [1.165, 1.54) is 25.7 Å². The second-order valence-corrected chi connectivity index (χ2v) is 11.6. The number of esters is 2. The highest BCUT2D eigenvalue weighted by Gasteiger charge is 2.15. The molecular weight excluding hydrogens is 596 g/mol. The van der Waals surface area contributed by atoms with E-state index in [2.05, 4.69) is 111 Å². The van der Waals surface area contributed by atoms with Gasteiger partial charge in [-0.15, -0.1) is 0 Å². The molecule has 0 saturated carbocycles. The van der Waals surface area contributed by atoms with Gasteiger partial charge in [0.2, 0.25) is 0 Å². The highest BCUT2D eigenvalue weighted by molar-refractivity contribution is 5.70. The Morgan fingerprint density at radius 1 is 0.500 bits per heavy atom.